The van der Waals surface area contributed by atoms with Gasteiger partial charge in [-0.15, -0.1) is 0 Å². The van der Waals surface area contributed by atoms with E-state index in [-0.39, 0.29) is 57.2 Å². The van der Waals surface area contributed by atoms with Crippen LogP contribution in [0, 0.1) is 6.92 Å². The summed E-state index contributed by atoms with van der Waals surface area (Å²) in [5, 5.41) is 42.7. The van der Waals surface area contributed by atoms with Crippen molar-refractivity contribution in [1.29, 1.82) is 0 Å². The van der Waals surface area contributed by atoms with Crippen molar-refractivity contribution in [3.63, 3.8) is 0 Å². The Labute approximate surface area is 275 Å². The van der Waals surface area contributed by atoms with Gasteiger partial charge in [0.25, 0.3) is 0 Å². The topological polar surface area (TPSA) is 226 Å². The molecule has 5 rings (SSSR count). The number of carboxylic acid groups (broad SMARTS) is 4. The van der Waals surface area contributed by atoms with Crippen LogP contribution in [-0.2, 0) is 25.6 Å². The first kappa shape index (κ1) is 33.9. The Hall–Kier alpha value is -5.40. The summed E-state index contributed by atoms with van der Waals surface area (Å²) in [6, 6.07) is 0. The molecule has 0 aromatic carbocycles. The summed E-state index contributed by atoms with van der Waals surface area (Å²) < 4.78 is 0. The number of amidine groups is 3. The molecule has 1 unspecified atom stereocenters. The third-order valence-electron chi connectivity index (χ3n) is 8.94. The number of aromatic nitrogens is 1. The molecule has 14 heteroatoms. The number of aliphatic imine (C=N–C) groups is 4. The molecule has 0 amide bonds. The fraction of sp³-hybridized carbons (Fsp3) is 0.412. The lowest BCUT2D eigenvalue weighted by molar-refractivity contribution is -0.138. The first-order chi connectivity index (χ1) is 22.6. The van der Waals surface area contributed by atoms with Crippen molar-refractivity contribution in [1.82, 2.24) is 10.3 Å². The fourth-order valence-corrected chi connectivity index (χ4v) is 6.41. The van der Waals surface area contributed by atoms with E-state index in [0.29, 0.717) is 57.3 Å². The van der Waals surface area contributed by atoms with Gasteiger partial charge in [0.2, 0.25) is 0 Å². The second-order valence-electron chi connectivity index (χ2n) is 12.6. The number of carboxylic acids is 4. The lowest BCUT2D eigenvalue weighted by atomic mass is 9.93. The first-order valence-corrected chi connectivity index (χ1v) is 15.7. The van der Waals surface area contributed by atoms with E-state index in [1.165, 1.54) is 0 Å². The molecule has 0 radical (unpaired) electrons. The van der Waals surface area contributed by atoms with Crippen LogP contribution < -0.4 is 16.0 Å². The molecule has 8 bridgehead atoms. The van der Waals surface area contributed by atoms with Gasteiger partial charge in [-0.3, -0.25) is 19.2 Å². The zero-order valence-corrected chi connectivity index (χ0v) is 27.2. The molecule has 1 atom stereocenters. The number of fused-ring (bicyclic) bond motifs is 6. The molecule has 14 nitrogen and oxygen atoms in total. The maximum Gasteiger partial charge on any atom is 0.303 e. The van der Waals surface area contributed by atoms with Crippen molar-refractivity contribution in [2.24, 2.45) is 20.0 Å². The second kappa shape index (κ2) is 13.4. The van der Waals surface area contributed by atoms with Crippen LogP contribution in [0.15, 0.2) is 53.7 Å². The van der Waals surface area contributed by atoms with Crippen molar-refractivity contribution in [3.8, 4) is 0 Å². The average Bonchev–Trinajstić information content (AvgIpc) is 3.65. The minimum atomic E-state index is -0.985. The van der Waals surface area contributed by atoms with Gasteiger partial charge in [0.15, 0.2) is 17.5 Å². The monoisotopic (exact) mass is 658 g/mol. The molecule has 1 aromatic rings. The molecular formula is C34H38N6O8. The number of aromatic amines is 1. The molecule has 0 spiro atoms. The normalized spacial score (nSPS) is 20.1. The molecule has 0 aliphatic carbocycles. The highest BCUT2D eigenvalue weighted by atomic mass is 16.4. The molecule has 4 aliphatic heterocycles. The van der Waals surface area contributed by atoms with Gasteiger partial charge in [0.05, 0.1) is 11.3 Å². The fourth-order valence-electron chi connectivity index (χ4n) is 6.41. The Morgan fingerprint density at radius 1 is 0.708 bits per heavy atom. The summed E-state index contributed by atoms with van der Waals surface area (Å²) >= 11 is 0. The van der Waals surface area contributed by atoms with Crippen LogP contribution in [-0.4, -0.2) is 78.0 Å². The molecule has 0 saturated carbocycles. The Kier molecular flexibility index (Phi) is 9.46. The zero-order valence-electron chi connectivity index (χ0n) is 27.2. The quantitative estimate of drug-likeness (QED) is 0.194. The van der Waals surface area contributed by atoms with Crippen LogP contribution >= 0.6 is 0 Å². The predicted octanol–water partition coefficient (Wildman–Crippen LogP) is 2.77. The molecule has 1 aromatic heterocycles. The summed E-state index contributed by atoms with van der Waals surface area (Å²) in [7, 11) is 0. The third-order valence-corrected chi connectivity index (χ3v) is 8.94. The number of hydrogen-bond donors (Lipinski definition) is 6. The Morgan fingerprint density at radius 2 is 1.25 bits per heavy atom. The maximum atomic E-state index is 11.6. The number of nitrogens with one attached hydrogen (secondary N) is 2. The van der Waals surface area contributed by atoms with Gasteiger partial charge < -0.3 is 30.7 Å². The Bertz CT molecular complexity index is 1990. The molecule has 48 heavy (non-hydrogen) atoms. The maximum absolute atomic E-state index is 11.6. The minimum Gasteiger partial charge on any atom is -0.481 e. The molecule has 252 valence electrons. The van der Waals surface area contributed by atoms with Gasteiger partial charge in [-0.1, -0.05) is 0 Å². The summed E-state index contributed by atoms with van der Waals surface area (Å²) in [4.78, 5) is 68.9. The van der Waals surface area contributed by atoms with E-state index in [2.05, 4.69) is 10.3 Å². The van der Waals surface area contributed by atoms with E-state index in [1.54, 1.807) is 19.9 Å². The van der Waals surface area contributed by atoms with Gasteiger partial charge in [-0.2, -0.15) is 0 Å². The molecular weight excluding hydrogens is 620 g/mol. The van der Waals surface area contributed by atoms with Crippen molar-refractivity contribution >= 4 is 59.2 Å². The smallest absolute Gasteiger partial charge is 0.303 e. The number of hydrogen-bond acceptors (Lipinski definition) is 9. The summed E-state index contributed by atoms with van der Waals surface area (Å²) in [6.07, 6.45) is 4.49. The first-order valence-electron chi connectivity index (χ1n) is 15.7. The van der Waals surface area contributed by atoms with E-state index in [0.717, 1.165) is 22.0 Å². The minimum absolute atomic E-state index is 0.105. The summed E-state index contributed by atoms with van der Waals surface area (Å²) in [6.45, 7) is 7.44. The van der Waals surface area contributed by atoms with Crippen LogP contribution in [0.1, 0.15) is 83.3 Å². The zero-order chi connectivity index (χ0) is 34.9. The van der Waals surface area contributed by atoms with E-state index < -0.39 is 29.4 Å². The standard InChI is InChI=1S/C34H38N6O8/c1-16-20(6-10-27(43)44)23-13-24-21(7-11-28(45)46)17(2)30(36-24)37-31-18(3)22(8-12-29(47)48)33(38-31)39-32-19(5-9-26(41)42)14-34(4,40-32)15-25(16)35-23/h13,15,35,40H,5-12,14H2,1-4H3,(H,41,42)(H,43,44)(H,45,46)(H,47,48). The molecule has 0 saturated heterocycles. The second-order valence-corrected chi connectivity index (χ2v) is 12.6. The van der Waals surface area contributed by atoms with E-state index in [1.807, 2.05) is 19.9 Å². The van der Waals surface area contributed by atoms with Gasteiger partial charge in [-0.25, -0.2) is 20.0 Å². The molecule has 4 aliphatic rings. The van der Waals surface area contributed by atoms with Gasteiger partial charge >= 0.3 is 23.9 Å². The van der Waals surface area contributed by atoms with Gasteiger partial charge in [0.1, 0.15) is 5.82 Å². The average molecular weight is 659 g/mol. The van der Waals surface area contributed by atoms with Crippen molar-refractivity contribution in [2.45, 2.75) is 91.0 Å². The highest BCUT2D eigenvalue weighted by Gasteiger charge is 2.34. The Morgan fingerprint density at radius 3 is 1.90 bits per heavy atom. The van der Waals surface area contributed by atoms with Crippen molar-refractivity contribution < 1.29 is 39.6 Å². The number of carbonyl (C=O) groups is 4. The van der Waals surface area contributed by atoms with Crippen molar-refractivity contribution in [2.75, 3.05) is 0 Å². The largest absolute Gasteiger partial charge is 0.481 e. The SMILES string of the molecule is CC1=C(CCC(=O)O)C2=NC1=NC1=NC(=NC3=C(CCC(=O)O)CC(C)(C=c4[nH]c(c(CCC(=O)O)c4C)=C2)N3)C(CCC(=O)O)=C1C. The van der Waals surface area contributed by atoms with Crippen LogP contribution in [0.2, 0.25) is 0 Å². The van der Waals surface area contributed by atoms with Gasteiger partial charge in [-0.05, 0) is 99.8 Å². The predicted molar refractivity (Wildman–Crippen MR) is 179 cm³/mol. The number of allylic oxidation sites excluding steroid dienone is 1. The Balaban J connectivity index is 1.78. The number of nitrogens with zero attached hydrogens (tertiary/aromatic N) is 4. The van der Waals surface area contributed by atoms with Crippen LogP contribution in [0.5, 0.6) is 0 Å². The lowest BCUT2D eigenvalue weighted by Gasteiger charge is -2.21. The molecule has 0 fully saturated rings. The van der Waals surface area contributed by atoms with Crippen LogP contribution in [0.25, 0.3) is 12.2 Å². The number of H-pyrrole nitrogens is 1. The van der Waals surface area contributed by atoms with Crippen LogP contribution in [0.3, 0.4) is 0 Å². The van der Waals surface area contributed by atoms with E-state index in [4.69, 9.17) is 20.0 Å². The van der Waals surface area contributed by atoms with E-state index in [9.17, 15) is 39.6 Å². The lowest BCUT2D eigenvalue weighted by Crippen LogP contribution is -2.37. The van der Waals surface area contributed by atoms with E-state index >= 15 is 0 Å². The number of rotatable bonds is 12. The highest BCUT2D eigenvalue weighted by Crippen LogP contribution is 2.34. The summed E-state index contributed by atoms with van der Waals surface area (Å²) in [5.74, 6) is -2.52. The molecule has 5 heterocycles. The molecule has 6 N–H and O–H groups in total. The highest BCUT2D eigenvalue weighted by molar-refractivity contribution is 6.34. The third kappa shape index (κ3) is 7.27. The number of aliphatic carboxylic acids is 4. The van der Waals surface area contributed by atoms with Gasteiger partial charge in [0, 0.05) is 47.5 Å². The summed E-state index contributed by atoms with van der Waals surface area (Å²) in [5.41, 5.74) is 4.72. The van der Waals surface area contributed by atoms with Crippen molar-refractivity contribution in [3.05, 3.63) is 55.5 Å². The van der Waals surface area contributed by atoms with Crippen LogP contribution in [0.4, 0.5) is 0 Å².